The fourth-order valence-corrected chi connectivity index (χ4v) is 1.97. The fraction of sp³-hybridized carbons (Fsp3) is 0.118. The average Bonchev–Trinajstić information content (AvgIpc) is 2.45. The van der Waals surface area contributed by atoms with Gasteiger partial charge in [-0.05, 0) is 48.4 Å². The molecule has 0 aliphatic rings. The van der Waals surface area contributed by atoms with Gasteiger partial charge in [0.05, 0.1) is 6.04 Å². The highest BCUT2D eigenvalue weighted by Crippen LogP contribution is 2.17. The van der Waals surface area contributed by atoms with Crippen molar-refractivity contribution in [3.63, 3.8) is 0 Å². The second kappa shape index (κ2) is 6.61. The van der Waals surface area contributed by atoms with Crippen LogP contribution in [0.5, 0.6) is 5.75 Å². The van der Waals surface area contributed by atoms with E-state index in [4.69, 9.17) is 5.73 Å². The van der Waals surface area contributed by atoms with Crippen LogP contribution in [0.4, 0.5) is 5.69 Å². The number of aromatic hydroxyl groups is 1. The molecule has 1 atom stereocenters. The van der Waals surface area contributed by atoms with E-state index >= 15 is 0 Å². The predicted octanol–water partition coefficient (Wildman–Crippen LogP) is 2.87. The number of carbonyl (C=O) groups excluding carboxylic acids is 1. The van der Waals surface area contributed by atoms with Crippen molar-refractivity contribution in [2.45, 2.75) is 13.0 Å². The first-order chi connectivity index (χ1) is 10.0. The van der Waals surface area contributed by atoms with E-state index in [1.54, 1.807) is 36.4 Å². The molecule has 0 saturated heterocycles. The van der Waals surface area contributed by atoms with E-state index in [9.17, 15) is 9.90 Å². The summed E-state index contributed by atoms with van der Waals surface area (Å²) in [5.41, 5.74) is 8.05. The third-order valence-electron chi connectivity index (χ3n) is 3.07. The van der Waals surface area contributed by atoms with Gasteiger partial charge >= 0.3 is 0 Å². The number of hydrogen-bond donors (Lipinski definition) is 3. The van der Waals surface area contributed by atoms with Crippen LogP contribution in [0.25, 0.3) is 6.08 Å². The molecule has 0 aliphatic heterocycles. The number of nitrogens with one attached hydrogen (secondary N) is 1. The summed E-state index contributed by atoms with van der Waals surface area (Å²) in [6.45, 7) is 1.86. The van der Waals surface area contributed by atoms with Crippen molar-refractivity contribution in [2.75, 3.05) is 5.73 Å². The van der Waals surface area contributed by atoms with Crippen LogP contribution < -0.4 is 11.1 Å². The Kier molecular flexibility index (Phi) is 4.61. The van der Waals surface area contributed by atoms with Crippen LogP contribution in [0.3, 0.4) is 0 Å². The van der Waals surface area contributed by atoms with Gasteiger partial charge in [-0.25, -0.2) is 0 Å². The van der Waals surface area contributed by atoms with Gasteiger partial charge in [-0.3, -0.25) is 4.79 Å². The van der Waals surface area contributed by atoms with E-state index in [1.165, 1.54) is 6.08 Å². The number of rotatable bonds is 4. The van der Waals surface area contributed by atoms with Crippen LogP contribution in [-0.4, -0.2) is 11.0 Å². The summed E-state index contributed by atoms with van der Waals surface area (Å²) in [5, 5.41) is 12.3. The molecule has 108 valence electrons. The molecule has 0 spiro atoms. The molecule has 0 heterocycles. The van der Waals surface area contributed by atoms with Crippen LogP contribution in [0.2, 0.25) is 0 Å². The van der Waals surface area contributed by atoms with E-state index in [1.807, 2.05) is 25.1 Å². The third-order valence-corrected chi connectivity index (χ3v) is 3.07. The number of nitrogen functional groups attached to an aromatic ring is 1. The first kappa shape index (κ1) is 14.7. The number of phenolic OH excluding ortho intramolecular Hbond substituents is 1. The molecule has 4 N–H and O–H groups in total. The van der Waals surface area contributed by atoms with E-state index in [0.29, 0.717) is 5.69 Å². The molecule has 0 aliphatic carbocycles. The summed E-state index contributed by atoms with van der Waals surface area (Å²) < 4.78 is 0. The number of anilines is 1. The number of nitrogens with two attached hydrogens (primary N) is 1. The van der Waals surface area contributed by atoms with Crippen LogP contribution >= 0.6 is 0 Å². The summed E-state index contributed by atoms with van der Waals surface area (Å²) in [7, 11) is 0. The molecular weight excluding hydrogens is 264 g/mol. The standard InChI is InChI=1S/C17H18N2O2/c1-12(14-5-3-7-16(20)11-14)19-17(21)9-8-13-4-2-6-15(18)10-13/h2-12,20H,18H2,1H3,(H,19,21)/b9-8+. The molecule has 2 rings (SSSR count). The Morgan fingerprint density at radius 1 is 1.24 bits per heavy atom. The number of carbonyl (C=O) groups is 1. The number of phenols is 1. The van der Waals surface area contributed by atoms with E-state index in [2.05, 4.69) is 5.32 Å². The zero-order valence-corrected chi connectivity index (χ0v) is 11.8. The molecule has 1 amide bonds. The minimum atomic E-state index is -0.201. The molecule has 0 aromatic heterocycles. The Morgan fingerprint density at radius 3 is 2.71 bits per heavy atom. The molecule has 0 radical (unpaired) electrons. The minimum absolute atomic E-state index is 0.184. The summed E-state index contributed by atoms with van der Waals surface area (Å²) in [5.74, 6) is -0.0165. The Morgan fingerprint density at radius 2 is 2.00 bits per heavy atom. The SMILES string of the molecule is CC(NC(=O)/C=C/c1cccc(N)c1)c1cccc(O)c1. The Hall–Kier alpha value is -2.75. The predicted molar refractivity (Wildman–Crippen MR) is 84.6 cm³/mol. The lowest BCUT2D eigenvalue weighted by Gasteiger charge is -2.13. The molecule has 0 fully saturated rings. The van der Waals surface area contributed by atoms with Gasteiger partial charge in [0.15, 0.2) is 0 Å². The summed E-state index contributed by atoms with van der Waals surface area (Å²) in [6.07, 6.45) is 3.18. The van der Waals surface area contributed by atoms with Crippen LogP contribution in [-0.2, 0) is 4.79 Å². The zero-order valence-electron chi connectivity index (χ0n) is 11.8. The fourth-order valence-electron chi connectivity index (χ4n) is 1.97. The first-order valence-electron chi connectivity index (χ1n) is 6.67. The maximum atomic E-state index is 11.9. The highest BCUT2D eigenvalue weighted by atomic mass is 16.3. The van der Waals surface area contributed by atoms with E-state index in [0.717, 1.165) is 11.1 Å². The summed E-state index contributed by atoms with van der Waals surface area (Å²) in [6, 6.07) is 13.9. The van der Waals surface area contributed by atoms with Crippen LogP contribution in [0, 0.1) is 0 Å². The second-order valence-corrected chi connectivity index (χ2v) is 4.83. The third kappa shape index (κ3) is 4.38. The topological polar surface area (TPSA) is 75.4 Å². The van der Waals surface area contributed by atoms with E-state index in [-0.39, 0.29) is 17.7 Å². The van der Waals surface area contributed by atoms with Gasteiger partial charge in [0.2, 0.25) is 5.91 Å². The highest BCUT2D eigenvalue weighted by molar-refractivity contribution is 5.92. The van der Waals surface area contributed by atoms with Gasteiger partial charge in [-0.15, -0.1) is 0 Å². The molecule has 21 heavy (non-hydrogen) atoms. The maximum absolute atomic E-state index is 11.9. The lowest BCUT2D eigenvalue weighted by Crippen LogP contribution is -2.24. The Bertz CT molecular complexity index is 665. The van der Waals surface area contributed by atoms with Gasteiger partial charge in [0.1, 0.15) is 5.75 Å². The van der Waals surface area contributed by atoms with Crippen molar-refractivity contribution < 1.29 is 9.90 Å². The van der Waals surface area contributed by atoms with E-state index < -0.39 is 0 Å². The zero-order chi connectivity index (χ0) is 15.2. The number of amides is 1. The first-order valence-corrected chi connectivity index (χ1v) is 6.67. The number of benzene rings is 2. The van der Waals surface area contributed by atoms with Crippen molar-refractivity contribution in [1.29, 1.82) is 0 Å². The molecule has 4 heteroatoms. The molecule has 2 aromatic carbocycles. The molecule has 0 bridgehead atoms. The van der Waals surface area contributed by atoms with Crippen molar-refractivity contribution in [3.8, 4) is 5.75 Å². The Labute approximate surface area is 123 Å². The second-order valence-electron chi connectivity index (χ2n) is 4.83. The van der Waals surface area contributed by atoms with Crippen molar-refractivity contribution in [2.24, 2.45) is 0 Å². The van der Waals surface area contributed by atoms with Crippen molar-refractivity contribution >= 4 is 17.7 Å². The Balaban J connectivity index is 1.98. The normalized spacial score (nSPS) is 12.2. The molecular formula is C17H18N2O2. The van der Waals surface area contributed by atoms with Gasteiger partial charge in [0.25, 0.3) is 0 Å². The maximum Gasteiger partial charge on any atom is 0.244 e. The van der Waals surface area contributed by atoms with Crippen LogP contribution in [0.15, 0.2) is 54.6 Å². The van der Waals surface area contributed by atoms with Gasteiger partial charge in [-0.2, -0.15) is 0 Å². The molecule has 0 saturated carbocycles. The van der Waals surface area contributed by atoms with Crippen molar-refractivity contribution in [1.82, 2.24) is 5.32 Å². The van der Waals surface area contributed by atoms with Gasteiger partial charge in [0, 0.05) is 11.8 Å². The lowest BCUT2D eigenvalue weighted by molar-refractivity contribution is -0.117. The highest BCUT2D eigenvalue weighted by Gasteiger charge is 2.07. The number of hydrogen-bond acceptors (Lipinski definition) is 3. The van der Waals surface area contributed by atoms with Gasteiger partial charge in [-0.1, -0.05) is 24.3 Å². The van der Waals surface area contributed by atoms with Crippen LogP contribution in [0.1, 0.15) is 24.1 Å². The molecule has 2 aromatic rings. The summed E-state index contributed by atoms with van der Waals surface area (Å²) >= 11 is 0. The monoisotopic (exact) mass is 282 g/mol. The minimum Gasteiger partial charge on any atom is -0.508 e. The molecule has 1 unspecified atom stereocenters. The van der Waals surface area contributed by atoms with Gasteiger partial charge < -0.3 is 16.2 Å². The quantitative estimate of drug-likeness (QED) is 0.596. The van der Waals surface area contributed by atoms with Crippen molar-refractivity contribution in [3.05, 3.63) is 65.7 Å². The summed E-state index contributed by atoms with van der Waals surface area (Å²) in [4.78, 5) is 11.9. The average molecular weight is 282 g/mol. The smallest absolute Gasteiger partial charge is 0.244 e. The largest absolute Gasteiger partial charge is 0.508 e. The molecule has 4 nitrogen and oxygen atoms in total. The lowest BCUT2D eigenvalue weighted by atomic mass is 10.1.